The highest BCUT2D eigenvalue weighted by Gasteiger charge is 2.32. The van der Waals surface area contributed by atoms with Crippen LogP contribution in [0.3, 0.4) is 0 Å². The number of benzene rings is 2. The Bertz CT molecular complexity index is 627. The van der Waals surface area contributed by atoms with Crippen LogP contribution in [0.4, 0.5) is 4.39 Å². The van der Waals surface area contributed by atoms with Crippen molar-refractivity contribution < 1.29 is 14.6 Å². The van der Waals surface area contributed by atoms with Gasteiger partial charge in [0.2, 0.25) is 0 Å². The van der Waals surface area contributed by atoms with Crippen molar-refractivity contribution in [1.82, 2.24) is 0 Å². The number of hydrogen-bond donors (Lipinski definition) is 2. The Morgan fingerprint density at radius 1 is 1.00 bits per heavy atom. The van der Waals surface area contributed by atoms with Crippen LogP contribution in [0.15, 0.2) is 42.5 Å². The van der Waals surface area contributed by atoms with Crippen LogP contribution in [0.2, 0.25) is 10.0 Å². The van der Waals surface area contributed by atoms with Crippen LogP contribution in [0.5, 0.6) is 0 Å². The maximum atomic E-state index is 13.4. The van der Waals surface area contributed by atoms with Crippen molar-refractivity contribution in [3.8, 4) is 0 Å². The summed E-state index contributed by atoms with van der Waals surface area (Å²) in [5.74, 6) is -0.412. The second-order valence-electron chi connectivity index (χ2n) is 5.02. The van der Waals surface area contributed by atoms with E-state index in [-0.39, 0.29) is 19.6 Å². The summed E-state index contributed by atoms with van der Waals surface area (Å²) in [6, 6.07) is 10.9. The molecule has 0 spiro atoms. The van der Waals surface area contributed by atoms with Gasteiger partial charge in [-0.25, -0.2) is 4.39 Å². The predicted molar refractivity (Wildman–Crippen MR) is 82.4 cm³/mol. The SMILES string of the molecule is OCC(CO)(Cc1cc(F)ccc1Cl)c1cccc(Cl)c1. The molecule has 0 aromatic heterocycles. The van der Waals surface area contributed by atoms with Crippen molar-refractivity contribution in [1.29, 1.82) is 0 Å². The van der Waals surface area contributed by atoms with Crippen molar-refractivity contribution in [2.45, 2.75) is 11.8 Å². The average molecular weight is 329 g/mol. The third-order valence-corrected chi connectivity index (χ3v) is 4.18. The highest BCUT2D eigenvalue weighted by molar-refractivity contribution is 6.31. The number of halogens is 3. The molecule has 0 bridgehead atoms. The molecule has 2 aromatic rings. The van der Waals surface area contributed by atoms with E-state index >= 15 is 0 Å². The van der Waals surface area contributed by atoms with Crippen LogP contribution in [-0.4, -0.2) is 23.4 Å². The van der Waals surface area contributed by atoms with Gasteiger partial charge in [-0.15, -0.1) is 0 Å². The maximum absolute atomic E-state index is 13.4. The summed E-state index contributed by atoms with van der Waals surface area (Å²) in [7, 11) is 0. The molecule has 5 heteroatoms. The molecule has 0 aliphatic heterocycles. The molecule has 2 nitrogen and oxygen atoms in total. The Hall–Kier alpha value is -1.13. The fourth-order valence-electron chi connectivity index (χ4n) is 2.31. The lowest BCUT2D eigenvalue weighted by Gasteiger charge is -2.31. The molecule has 0 radical (unpaired) electrons. The van der Waals surface area contributed by atoms with E-state index in [4.69, 9.17) is 23.2 Å². The molecule has 0 amide bonds. The van der Waals surface area contributed by atoms with Crippen molar-refractivity contribution in [2.75, 3.05) is 13.2 Å². The van der Waals surface area contributed by atoms with Crippen LogP contribution in [0, 0.1) is 5.82 Å². The van der Waals surface area contributed by atoms with Gasteiger partial charge >= 0.3 is 0 Å². The van der Waals surface area contributed by atoms with Gasteiger partial charge in [0, 0.05) is 15.5 Å². The second kappa shape index (κ2) is 6.75. The molecule has 0 fully saturated rings. The lowest BCUT2D eigenvalue weighted by molar-refractivity contribution is 0.116. The normalized spacial score (nSPS) is 11.7. The molecular formula is C16H15Cl2FO2. The van der Waals surface area contributed by atoms with E-state index in [2.05, 4.69) is 0 Å². The number of aliphatic hydroxyl groups excluding tert-OH is 2. The van der Waals surface area contributed by atoms with Gasteiger partial charge in [0.05, 0.1) is 13.2 Å². The summed E-state index contributed by atoms with van der Waals surface area (Å²) in [5.41, 5.74) is 0.238. The molecule has 0 atom stereocenters. The number of hydrogen-bond acceptors (Lipinski definition) is 2. The average Bonchev–Trinajstić information content (AvgIpc) is 2.48. The first kappa shape index (κ1) is 16.2. The summed E-state index contributed by atoms with van der Waals surface area (Å²) >= 11 is 12.1. The number of rotatable bonds is 5. The highest BCUT2D eigenvalue weighted by Crippen LogP contribution is 2.32. The second-order valence-corrected chi connectivity index (χ2v) is 5.86. The van der Waals surface area contributed by atoms with Gasteiger partial charge in [0.1, 0.15) is 5.82 Å². The first-order chi connectivity index (χ1) is 10.0. The molecule has 2 aromatic carbocycles. The monoisotopic (exact) mass is 328 g/mol. The van der Waals surface area contributed by atoms with Gasteiger partial charge in [-0.1, -0.05) is 35.3 Å². The van der Waals surface area contributed by atoms with E-state index in [0.29, 0.717) is 21.2 Å². The largest absolute Gasteiger partial charge is 0.395 e. The topological polar surface area (TPSA) is 40.5 Å². The van der Waals surface area contributed by atoms with Crippen molar-refractivity contribution in [3.05, 3.63) is 69.5 Å². The fourth-order valence-corrected chi connectivity index (χ4v) is 2.68. The third-order valence-electron chi connectivity index (χ3n) is 3.58. The Morgan fingerprint density at radius 2 is 1.71 bits per heavy atom. The molecule has 2 rings (SSSR count). The fraction of sp³-hybridized carbons (Fsp3) is 0.250. The van der Waals surface area contributed by atoms with E-state index in [1.165, 1.54) is 18.2 Å². The Morgan fingerprint density at radius 3 is 2.33 bits per heavy atom. The van der Waals surface area contributed by atoms with Crippen LogP contribution in [0.25, 0.3) is 0 Å². The lowest BCUT2D eigenvalue weighted by Crippen LogP contribution is -2.37. The van der Waals surface area contributed by atoms with E-state index < -0.39 is 11.2 Å². The van der Waals surface area contributed by atoms with Gasteiger partial charge in [-0.3, -0.25) is 0 Å². The molecule has 0 saturated carbocycles. The highest BCUT2D eigenvalue weighted by atomic mass is 35.5. The van der Waals surface area contributed by atoms with Crippen LogP contribution in [-0.2, 0) is 11.8 Å². The quantitative estimate of drug-likeness (QED) is 0.880. The molecule has 2 N–H and O–H groups in total. The van der Waals surface area contributed by atoms with Crippen LogP contribution >= 0.6 is 23.2 Å². The standard InChI is InChI=1S/C16H15Cl2FO2/c17-13-3-1-2-12(7-13)16(9-20,10-21)8-11-6-14(19)4-5-15(11)18/h1-7,20-21H,8-10H2. The number of aliphatic hydroxyl groups is 2. The smallest absolute Gasteiger partial charge is 0.123 e. The minimum atomic E-state index is -0.970. The zero-order valence-corrected chi connectivity index (χ0v) is 12.7. The molecule has 0 aliphatic rings. The van der Waals surface area contributed by atoms with Gasteiger partial charge in [0.25, 0.3) is 0 Å². The Balaban J connectivity index is 2.45. The first-order valence-corrected chi connectivity index (χ1v) is 7.18. The van der Waals surface area contributed by atoms with Crippen molar-refractivity contribution in [2.24, 2.45) is 0 Å². The Kier molecular flexibility index (Phi) is 5.22. The molecule has 21 heavy (non-hydrogen) atoms. The maximum Gasteiger partial charge on any atom is 0.123 e. The predicted octanol–water partition coefficient (Wildman–Crippen LogP) is 3.60. The van der Waals surface area contributed by atoms with E-state index in [1.807, 2.05) is 0 Å². The first-order valence-electron chi connectivity index (χ1n) is 6.42. The summed E-state index contributed by atoms with van der Waals surface area (Å²) < 4.78 is 13.4. The molecule has 0 heterocycles. The van der Waals surface area contributed by atoms with Gasteiger partial charge < -0.3 is 10.2 Å². The molecular weight excluding hydrogens is 314 g/mol. The molecule has 0 unspecified atom stereocenters. The zero-order chi connectivity index (χ0) is 15.5. The van der Waals surface area contributed by atoms with Crippen LogP contribution in [0.1, 0.15) is 11.1 Å². The summed E-state index contributed by atoms with van der Waals surface area (Å²) in [4.78, 5) is 0. The van der Waals surface area contributed by atoms with E-state index in [1.54, 1.807) is 24.3 Å². The minimum absolute atomic E-state index is 0.205. The van der Waals surface area contributed by atoms with Crippen LogP contribution < -0.4 is 0 Å². The summed E-state index contributed by atoms with van der Waals surface area (Å²) in [5, 5.41) is 20.5. The van der Waals surface area contributed by atoms with Gasteiger partial charge in [-0.05, 0) is 47.9 Å². The molecule has 112 valence electrons. The minimum Gasteiger partial charge on any atom is -0.395 e. The third kappa shape index (κ3) is 3.55. The summed E-state index contributed by atoms with van der Waals surface area (Å²) in [6.45, 7) is -0.618. The zero-order valence-electron chi connectivity index (χ0n) is 11.2. The van der Waals surface area contributed by atoms with E-state index in [9.17, 15) is 14.6 Å². The summed E-state index contributed by atoms with van der Waals surface area (Å²) in [6.07, 6.45) is 0.205. The molecule has 0 saturated heterocycles. The van der Waals surface area contributed by atoms with E-state index in [0.717, 1.165) is 0 Å². The van der Waals surface area contributed by atoms with Crippen molar-refractivity contribution >= 4 is 23.2 Å². The Labute approximate surface area is 132 Å². The van der Waals surface area contributed by atoms with Gasteiger partial charge in [-0.2, -0.15) is 0 Å². The van der Waals surface area contributed by atoms with Gasteiger partial charge in [0.15, 0.2) is 0 Å². The van der Waals surface area contributed by atoms with Crippen molar-refractivity contribution in [3.63, 3.8) is 0 Å². The molecule has 0 aliphatic carbocycles. The lowest BCUT2D eigenvalue weighted by atomic mass is 9.77.